The molecule has 0 spiro atoms. The van der Waals surface area contributed by atoms with Gasteiger partial charge in [-0.15, -0.1) is 22.7 Å². The molecule has 36 heavy (non-hydrogen) atoms. The Hall–Kier alpha value is -3.46. The van der Waals surface area contributed by atoms with Gasteiger partial charge in [0, 0.05) is 41.8 Å². The van der Waals surface area contributed by atoms with Gasteiger partial charge in [0.1, 0.15) is 0 Å². The summed E-state index contributed by atoms with van der Waals surface area (Å²) < 4.78 is 0. The Balaban J connectivity index is 1.29. The Morgan fingerprint density at radius 1 is 0.389 bits per heavy atom. The molecule has 2 aliphatic carbocycles. The highest BCUT2D eigenvalue weighted by Crippen LogP contribution is 2.60. The lowest BCUT2D eigenvalue weighted by molar-refractivity contribution is 1.39. The first-order valence-corrected chi connectivity index (χ1v) is 14.1. The van der Waals surface area contributed by atoms with Crippen molar-refractivity contribution in [2.75, 3.05) is 0 Å². The molecule has 0 atom stereocenters. The van der Waals surface area contributed by atoms with Gasteiger partial charge in [-0.05, 0) is 72.9 Å². The average Bonchev–Trinajstić information content (AvgIpc) is 3.56. The molecule has 0 nitrogen and oxygen atoms in total. The Kier molecular flexibility index (Phi) is 4.06. The van der Waals surface area contributed by atoms with Crippen molar-refractivity contribution in [2.45, 2.75) is 27.7 Å². The van der Waals surface area contributed by atoms with E-state index in [1.54, 1.807) is 0 Å². The third-order valence-corrected chi connectivity index (χ3v) is 10.1. The van der Waals surface area contributed by atoms with Gasteiger partial charge in [-0.25, -0.2) is 0 Å². The molecule has 2 heterocycles. The van der Waals surface area contributed by atoms with Crippen molar-refractivity contribution in [3.05, 3.63) is 95.1 Å². The first-order valence-electron chi connectivity index (χ1n) is 12.5. The molecular formula is C34H24S2. The van der Waals surface area contributed by atoms with Gasteiger partial charge in [-0.3, -0.25) is 0 Å². The molecule has 0 unspecified atom stereocenters. The molecular weight excluding hydrogens is 473 g/mol. The van der Waals surface area contributed by atoms with Crippen LogP contribution in [-0.4, -0.2) is 0 Å². The van der Waals surface area contributed by atoms with Gasteiger partial charge in [0.2, 0.25) is 0 Å². The second-order valence-corrected chi connectivity index (χ2v) is 12.6. The number of fused-ring (bicyclic) bond motifs is 6. The van der Waals surface area contributed by atoms with Gasteiger partial charge in [0.25, 0.3) is 0 Å². The average molecular weight is 497 g/mol. The minimum absolute atomic E-state index is 1.33. The predicted octanol–water partition coefficient (Wildman–Crippen LogP) is 10.8. The van der Waals surface area contributed by atoms with E-state index in [0.29, 0.717) is 0 Å². The van der Waals surface area contributed by atoms with E-state index < -0.39 is 0 Å². The zero-order chi connectivity index (χ0) is 24.3. The second-order valence-electron chi connectivity index (χ2n) is 10.5. The van der Waals surface area contributed by atoms with E-state index >= 15 is 0 Å². The molecule has 2 heteroatoms. The summed E-state index contributed by atoms with van der Waals surface area (Å²) in [6.45, 7) is 8.76. The first kappa shape index (κ1) is 20.7. The minimum atomic E-state index is 1.33. The zero-order valence-electron chi connectivity index (χ0n) is 20.7. The van der Waals surface area contributed by atoms with Gasteiger partial charge in [0.05, 0.1) is 0 Å². The fourth-order valence-electron chi connectivity index (χ4n) is 6.42. The molecule has 0 saturated carbocycles. The van der Waals surface area contributed by atoms with Gasteiger partial charge in [0.15, 0.2) is 0 Å². The molecule has 2 aliphatic rings. The summed E-state index contributed by atoms with van der Waals surface area (Å²) in [5.74, 6) is 0. The third-order valence-electron chi connectivity index (χ3n) is 7.71. The van der Waals surface area contributed by atoms with Crippen molar-refractivity contribution in [3.63, 3.8) is 0 Å². The molecule has 0 fully saturated rings. The summed E-state index contributed by atoms with van der Waals surface area (Å²) in [6.07, 6.45) is 0. The number of hydrogen-bond acceptors (Lipinski definition) is 2. The van der Waals surface area contributed by atoms with E-state index in [9.17, 15) is 0 Å². The van der Waals surface area contributed by atoms with Crippen molar-refractivity contribution in [1.29, 1.82) is 0 Å². The Morgan fingerprint density at radius 2 is 0.750 bits per heavy atom. The maximum absolute atomic E-state index is 2.42. The van der Waals surface area contributed by atoms with Crippen LogP contribution in [0, 0.1) is 27.7 Å². The number of benzene rings is 4. The van der Waals surface area contributed by atoms with E-state index in [0.717, 1.165) is 0 Å². The Morgan fingerprint density at radius 3 is 1.14 bits per heavy atom. The monoisotopic (exact) mass is 496 g/mol. The molecule has 172 valence electrons. The largest absolute Gasteiger partial charge is 0.135 e. The number of aryl methyl sites for hydroxylation is 4. The minimum Gasteiger partial charge on any atom is -0.135 e. The highest BCUT2D eigenvalue weighted by molar-refractivity contribution is 7.20. The summed E-state index contributed by atoms with van der Waals surface area (Å²) in [7, 11) is 0. The lowest BCUT2D eigenvalue weighted by atomic mass is 9.97. The van der Waals surface area contributed by atoms with E-state index in [2.05, 4.69) is 100 Å². The molecule has 0 aliphatic heterocycles. The van der Waals surface area contributed by atoms with Crippen molar-refractivity contribution in [3.8, 4) is 64.0 Å². The summed E-state index contributed by atoms with van der Waals surface area (Å²) in [5.41, 5.74) is 16.4. The van der Waals surface area contributed by atoms with Crippen LogP contribution in [0.5, 0.6) is 0 Å². The summed E-state index contributed by atoms with van der Waals surface area (Å²) in [6, 6.07) is 28.1. The van der Waals surface area contributed by atoms with Gasteiger partial charge >= 0.3 is 0 Å². The van der Waals surface area contributed by atoms with Crippen LogP contribution in [0.2, 0.25) is 0 Å². The van der Waals surface area contributed by atoms with Crippen molar-refractivity contribution in [1.82, 2.24) is 0 Å². The zero-order valence-corrected chi connectivity index (χ0v) is 22.4. The summed E-state index contributed by atoms with van der Waals surface area (Å²) in [4.78, 5) is 5.58. The van der Waals surface area contributed by atoms with Crippen molar-refractivity contribution in [2.24, 2.45) is 0 Å². The van der Waals surface area contributed by atoms with Crippen LogP contribution in [0.1, 0.15) is 22.3 Å². The summed E-state index contributed by atoms with van der Waals surface area (Å²) >= 11 is 3.89. The number of thiophene rings is 2. The Labute approximate surface area is 219 Å². The standard InChI is InChI=1S/C34H24S2/c1-17-9-18(2)12-21(11-17)29-15-27-23-5-8-26-32-24(6-7-25(31(23)32)33(27)35-29)28-16-30(36-34(26)28)22-13-19(3)10-20(4)14-22/h5-16H,1-4H3. The predicted molar refractivity (Wildman–Crippen MR) is 158 cm³/mol. The number of rotatable bonds is 2. The number of hydrogen-bond donors (Lipinski definition) is 0. The van der Waals surface area contributed by atoms with E-state index in [1.807, 2.05) is 22.7 Å². The third kappa shape index (κ3) is 2.74. The lowest BCUT2D eigenvalue weighted by Crippen LogP contribution is -1.82. The second kappa shape index (κ2) is 7.06. The molecule has 2 aromatic heterocycles. The van der Waals surface area contributed by atoms with Crippen LogP contribution in [0.4, 0.5) is 0 Å². The normalized spacial score (nSPS) is 12.4. The molecule has 8 rings (SSSR count). The van der Waals surface area contributed by atoms with E-state index in [1.165, 1.54) is 97.0 Å². The van der Waals surface area contributed by atoms with E-state index in [4.69, 9.17) is 0 Å². The van der Waals surface area contributed by atoms with Crippen LogP contribution in [-0.2, 0) is 0 Å². The Bertz CT molecular complexity index is 1660. The maximum Gasteiger partial charge on any atom is 0.0434 e. The van der Waals surface area contributed by atoms with Crippen LogP contribution in [0.3, 0.4) is 0 Å². The fourth-order valence-corrected chi connectivity index (χ4v) is 8.81. The lowest BCUT2D eigenvalue weighted by Gasteiger charge is -2.08. The molecule has 0 radical (unpaired) electrons. The van der Waals surface area contributed by atoms with E-state index in [-0.39, 0.29) is 0 Å². The van der Waals surface area contributed by atoms with Crippen LogP contribution >= 0.6 is 22.7 Å². The van der Waals surface area contributed by atoms with Crippen molar-refractivity contribution < 1.29 is 0 Å². The van der Waals surface area contributed by atoms with Crippen LogP contribution in [0.15, 0.2) is 72.8 Å². The van der Waals surface area contributed by atoms with Gasteiger partial charge in [-0.2, -0.15) is 0 Å². The summed E-state index contributed by atoms with van der Waals surface area (Å²) in [5, 5.41) is 2.91. The molecule has 4 aromatic carbocycles. The fraction of sp³-hybridized carbons (Fsp3) is 0.118. The molecule has 0 amide bonds. The highest BCUT2D eigenvalue weighted by Gasteiger charge is 2.32. The highest BCUT2D eigenvalue weighted by atomic mass is 32.1. The SMILES string of the molecule is Cc1cc(C)cc(-c2cc3c(s2)-c2ccc4c5c(ccc-3c25)-c2sc(-c3cc(C)cc(C)c3)cc2-4)c1. The smallest absolute Gasteiger partial charge is 0.0434 e. The quantitative estimate of drug-likeness (QED) is 0.223. The molecule has 0 saturated heterocycles. The topological polar surface area (TPSA) is 0 Å². The van der Waals surface area contributed by atoms with Crippen LogP contribution < -0.4 is 0 Å². The molecule has 0 bridgehead atoms. The first-order chi connectivity index (χ1) is 17.4. The molecule has 0 N–H and O–H groups in total. The van der Waals surface area contributed by atoms with Crippen molar-refractivity contribution >= 4 is 33.4 Å². The maximum atomic E-state index is 2.42. The molecule has 6 aromatic rings. The van der Waals surface area contributed by atoms with Gasteiger partial charge < -0.3 is 0 Å². The van der Waals surface area contributed by atoms with Crippen LogP contribution in [0.25, 0.3) is 74.8 Å². The van der Waals surface area contributed by atoms with Gasteiger partial charge in [-0.1, -0.05) is 82.9 Å².